The molecule has 32 heavy (non-hydrogen) atoms. The van der Waals surface area contributed by atoms with E-state index in [9.17, 15) is 4.79 Å². The molecule has 2 aliphatic rings. The van der Waals surface area contributed by atoms with Crippen molar-refractivity contribution in [3.63, 3.8) is 0 Å². The first-order valence-corrected chi connectivity index (χ1v) is 11.6. The van der Waals surface area contributed by atoms with Crippen LogP contribution in [0.4, 0.5) is 5.82 Å². The van der Waals surface area contributed by atoms with Crippen LogP contribution in [-0.2, 0) is 6.42 Å². The summed E-state index contributed by atoms with van der Waals surface area (Å²) in [5.74, 6) is 1.85. The monoisotopic (exact) mass is 434 g/mol. The third-order valence-electron chi connectivity index (χ3n) is 6.74. The summed E-state index contributed by atoms with van der Waals surface area (Å²) in [7, 11) is 1.63. The number of hydrogen-bond donors (Lipinski definition) is 0. The van der Waals surface area contributed by atoms with Crippen molar-refractivity contribution in [1.82, 2.24) is 14.9 Å². The highest BCUT2D eigenvalue weighted by Crippen LogP contribution is 2.34. The number of anilines is 1. The zero-order valence-electron chi connectivity index (χ0n) is 18.8. The third-order valence-corrected chi connectivity index (χ3v) is 6.74. The lowest BCUT2D eigenvalue weighted by Gasteiger charge is -2.30. The average molecular weight is 435 g/mol. The van der Waals surface area contributed by atoms with Crippen molar-refractivity contribution in [3.8, 4) is 17.2 Å². The SMILES string of the molecule is CCc1cc(OC)cc2nc(-c3cccnc3N3CCC[C@H]3CN3CCCC3)oc(=O)c12. The predicted molar refractivity (Wildman–Crippen MR) is 125 cm³/mol. The molecule has 0 unspecified atom stereocenters. The number of aryl methyl sites for hydroxylation is 1. The van der Waals surface area contributed by atoms with E-state index in [0.717, 1.165) is 42.9 Å². The van der Waals surface area contributed by atoms with Gasteiger partial charge >= 0.3 is 5.63 Å². The fourth-order valence-electron chi connectivity index (χ4n) is 5.12. The van der Waals surface area contributed by atoms with Crippen molar-refractivity contribution in [1.29, 1.82) is 0 Å². The highest BCUT2D eigenvalue weighted by atomic mass is 16.5. The van der Waals surface area contributed by atoms with E-state index in [1.807, 2.05) is 25.1 Å². The predicted octanol–water partition coefficient (Wildman–Crippen LogP) is 3.89. The van der Waals surface area contributed by atoms with Gasteiger partial charge in [0, 0.05) is 31.4 Å². The Hall–Kier alpha value is -2.93. The van der Waals surface area contributed by atoms with E-state index in [4.69, 9.17) is 19.1 Å². The molecule has 2 aromatic heterocycles. The molecule has 2 aliphatic heterocycles. The number of aromatic nitrogens is 2. The van der Waals surface area contributed by atoms with Gasteiger partial charge < -0.3 is 19.0 Å². The molecule has 1 atom stereocenters. The van der Waals surface area contributed by atoms with Crippen molar-refractivity contribution in [2.24, 2.45) is 0 Å². The van der Waals surface area contributed by atoms with Crippen LogP contribution in [0.3, 0.4) is 0 Å². The third kappa shape index (κ3) is 3.86. The number of ether oxygens (including phenoxy) is 1. The normalized spacial score (nSPS) is 19.2. The number of fused-ring (bicyclic) bond motifs is 1. The highest BCUT2D eigenvalue weighted by Gasteiger charge is 2.30. The molecule has 4 heterocycles. The lowest BCUT2D eigenvalue weighted by Crippen LogP contribution is -2.40. The van der Waals surface area contributed by atoms with Gasteiger partial charge in [0.15, 0.2) is 0 Å². The van der Waals surface area contributed by atoms with Crippen molar-refractivity contribution in [2.45, 2.75) is 45.1 Å². The summed E-state index contributed by atoms with van der Waals surface area (Å²) in [5, 5.41) is 0.524. The van der Waals surface area contributed by atoms with E-state index in [-0.39, 0.29) is 5.63 Å². The molecule has 2 saturated heterocycles. The molecule has 7 nitrogen and oxygen atoms in total. The number of methoxy groups -OCH3 is 1. The second kappa shape index (κ2) is 8.90. The summed E-state index contributed by atoms with van der Waals surface area (Å²) < 4.78 is 11.2. The van der Waals surface area contributed by atoms with Crippen LogP contribution in [0.1, 0.15) is 38.2 Å². The lowest BCUT2D eigenvalue weighted by atomic mass is 10.1. The van der Waals surface area contributed by atoms with Crippen LogP contribution in [0.15, 0.2) is 39.7 Å². The van der Waals surface area contributed by atoms with Gasteiger partial charge in [0.05, 0.1) is 23.6 Å². The van der Waals surface area contributed by atoms with Crippen molar-refractivity contribution < 1.29 is 9.15 Å². The van der Waals surface area contributed by atoms with E-state index < -0.39 is 0 Å². The number of hydrogen-bond acceptors (Lipinski definition) is 7. The Morgan fingerprint density at radius 3 is 2.81 bits per heavy atom. The summed E-state index contributed by atoms with van der Waals surface area (Å²) in [5.41, 5.74) is 1.87. The molecular weight excluding hydrogens is 404 g/mol. The van der Waals surface area contributed by atoms with Crippen LogP contribution in [0.5, 0.6) is 5.75 Å². The molecule has 0 saturated carbocycles. The van der Waals surface area contributed by atoms with E-state index in [1.54, 1.807) is 19.4 Å². The fraction of sp³-hybridized carbons (Fsp3) is 0.480. The molecule has 0 aliphatic carbocycles. The molecule has 7 heteroatoms. The minimum absolute atomic E-state index is 0.313. The molecule has 3 aromatic rings. The van der Waals surface area contributed by atoms with Gasteiger partial charge in [-0.15, -0.1) is 0 Å². The van der Waals surface area contributed by atoms with Gasteiger partial charge in [-0.05, 0) is 69.0 Å². The Labute approximate surface area is 188 Å². The molecule has 168 valence electrons. The second-order valence-electron chi connectivity index (χ2n) is 8.71. The number of benzene rings is 1. The van der Waals surface area contributed by atoms with Gasteiger partial charge in [0.25, 0.3) is 0 Å². The van der Waals surface area contributed by atoms with Crippen LogP contribution in [0.25, 0.3) is 22.4 Å². The number of likely N-dealkylation sites (tertiary alicyclic amines) is 1. The Morgan fingerprint density at radius 1 is 1.19 bits per heavy atom. The van der Waals surface area contributed by atoms with Crippen LogP contribution in [-0.4, -0.2) is 54.2 Å². The summed E-state index contributed by atoms with van der Waals surface area (Å²) in [6.45, 7) is 6.38. The highest BCUT2D eigenvalue weighted by molar-refractivity contribution is 5.84. The number of rotatable bonds is 6. The molecule has 2 fully saturated rings. The van der Waals surface area contributed by atoms with Gasteiger partial charge in [-0.25, -0.2) is 14.8 Å². The van der Waals surface area contributed by atoms with E-state index in [0.29, 0.717) is 35.0 Å². The summed E-state index contributed by atoms with van der Waals surface area (Å²) in [6.07, 6.45) is 7.37. The Bertz CT molecular complexity index is 1170. The zero-order valence-corrected chi connectivity index (χ0v) is 18.8. The molecule has 0 bridgehead atoms. The maximum absolute atomic E-state index is 13.0. The van der Waals surface area contributed by atoms with Crippen LogP contribution < -0.4 is 15.3 Å². The number of pyridine rings is 1. The van der Waals surface area contributed by atoms with Gasteiger partial charge in [-0.2, -0.15) is 0 Å². The molecule has 0 N–H and O–H groups in total. The smallest absolute Gasteiger partial charge is 0.347 e. The summed E-state index contributed by atoms with van der Waals surface area (Å²) in [6, 6.07) is 7.92. The first kappa shape index (κ1) is 20.9. The largest absolute Gasteiger partial charge is 0.497 e. The average Bonchev–Trinajstić information content (AvgIpc) is 3.50. The minimum atomic E-state index is -0.366. The zero-order chi connectivity index (χ0) is 22.1. The Kier molecular flexibility index (Phi) is 5.83. The van der Waals surface area contributed by atoms with Gasteiger partial charge in [0.1, 0.15) is 11.6 Å². The molecule has 0 radical (unpaired) electrons. The minimum Gasteiger partial charge on any atom is -0.497 e. The molecule has 5 rings (SSSR count). The van der Waals surface area contributed by atoms with Crippen molar-refractivity contribution >= 4 is 16.7 Å². The van der Waals surface area contributed by atoms with Crippen LogP contribution in [0, 0.1) is 0 Å². The topological polar surface area (TPSA) is 71.7 Å². The fourth-order valence-corrected chi connectivity index (χ4v) is 5.12. The van der Waals surface area contributed by atoms with Crippen LogP contribution >= 0.6 is 0 Å². The quantitative estimate of drug-likeness (QED) is 0.583. The second-order valence-corrected chi connectivity index (χ2v) is 8.71. The Balaban J connectivity index is 1.56. The summed E-state index contributed by atoms with van der Waals surface area (Å²) >= 11 is 0. The maximum atomic E-state index is 13.0. The lowest BCUT2D eigenvalue weighted by molar-refractivity contribution is 0.313. The summed E-state index contributed by atoms with van der Waals surface area (Å²) in [4.78, 5) is 27.4. The van der Waals surface area contributed by atoms with E-state index in [2.05, 4.69) is 9.80 Å². The van der Waals surface area contributed by atoms with Crippen molar-refractivity contribution in [3.05, 3.63) is 46.4 Å². The van der Waals surface area contributed by atoms with Crippen LogP contribution in [0.2, 0.25) is 0 Å². The van der Waals surface area contributed by atoms with E-state index >= 15 is 0 Å². The maximum Gasteiger partial charge on any atom is 0.347 e. The molecule has 0 amide bonds. The first-order valence-electron chi connectivity index (χ1n) is 11.6. The first-order chi connectivity index (χ1) is 15.7. The molecule has 1 aromatic carbocycles. The molecular formula is C25H30N4O3. The van der Waals surface area contributed by atoms with Gasteiger partial charge in [-0.1, -0.05) is 6.92 Å². The van der Waals surface area contributed by atoms with Gasteiger partial charge in [0.2, 0.25) is 5.89 Å². The van der Waals surface area contributed by atoms with E-state index in [1.165, 1.54) is 25.9 Å². The standard InChI is InChI=1S/C25H30N4O3/c1-3-17-14-19(31-2)15-21-22(17)25(30)32-24(27-21)20-9-6-10-26-23(20)29-13-7-8-18(29)16-28-11-4-5-12-28/h6,9-10,14-15,18H,3-5,7-8,11-13,16H2,1-2H3/t18-/m0/s1. The molecule has 0 spiro atoms. The van der Waals surface area contributed by atoms with Gasteiger partial charge in [-0.3, -0.25) is 0 Å². The van der Waals surface area contributed by atoms with Crippen molar-refractivity contribution in [2.75, 3.05) is 38.2 Å². The Morgan fingerprint density at radius 2 is 2.03 bits per heavy atom. The number of nitrogens with zero attached hydrogens (tertiary/aromatic N) is 4.